The van der Waals surface area contributed by atoms with Gasteiger partial charge in [0.25, 0.3) is 0 Å². The van der Waals surface area contributed by atoms with Gasteiger partial charge in [-0.25, -0.2) is 0 Å². The molecule has 0 atom stereocenters. The van der Waals surface area contributed by atoms with Crippen molar-refractivity contribution in [2.75, 3.05) is 13.1 Å². The average molecular weight is 117 g/mol. The van der Waals surface area contributed by atoms with Crippen molar-refractivity contribution in [1.82, 2.24) is 5.32 Å². The highest BCUT2D eigenvalue weighted by atomic mass is 16.1. The van der Waals surface area contributed by atoms with E-state index in [-0.39, 0.29) is 5.48 Å². The van der Waals surface area contributed by atoms with Crippen molar-refractivity contribution in [1.29, 1.82) is 0 Å². The van der Waals surface area contributed by atoms with Crippen molar-refractivity contribution in [2.24, 2.45) is 0 Å². The molecular formula is C5H11NO2. The molecule has 0 saturated carbocycles. The zero-order valence-corrected chi connectivity index (χ0v) is 4.74. The van der Waals surface area contributed by atoms with Crippen LogP contribution >= 0.6 is 0 Å². The summed E-state index contributed by atoms with van der Waals surface area (Å²) in [6.07, 6.45) is 1.47. The van der Waals surface area contributed by atoms with Gasteiger partial charge in [-0.3, -0.25) is 4.79 Å². The van der Waals surface area contributed by atoms with Gasteiger partial charge in [0, 0.05) is 25.9 Å². The minimum absolute atomic E-state index is 0. The highest BCUT2D eigenvalue weighted by Crippen LogP contribution is 1.91. The van der Waals surface area contributed by atoms with Crippen molar-refractivity contribution >= 4 is 5.78 Å². The molecule has 1 aliphatic heterocycles. The van der Waals surface area contributed by atoms with Crippen LogP contribution in [0.5, 0.6) is 0 Å². The maximum atomic E-state index is 10.4. The van der Waals surface area contributed by atoms with Crippen molar-refractivity contribution in [3.05, 3.63) is 0 Å². The fourth-order valence-corrected chi connectivity index (χ4v) is 0.706. The van der Waals surface area contributed by atoms with Gasteiger partial charge in [-0.15, -0.1) is 0 Å². The Balaban J connectivity index is 0.000000490. The summed E-state index contributed by atoms with van der Waals surface area (Å²) in [4.78, 5) is 10.4. The second kappa shape index (κ2) is 3.57. The molecule has 1 heterocycles. The van der Waals surface area contributed by atoms with Gasteiger partial charge >= 0.3 is 0 Å². The second-order valence-electron chi connectivity index (χ2n) is 1.79. The molecule has 0 unspecified atom stereocenters. The Morgan fingerprint density at radius 2 is 1.75 bits per heavy atom. The lowest BCUT2D eigenvalue weighted by atomic mass is 10.1. The lowest BCUT2D eigenvalue weighted by Gasteiger charge is -2.08. The minimum atomic E-state index is 0. The molecule has 3 nitrogen and oxygen atoms in total. The summed E-state index contributed by atoms with van der Waals surface area (Å²) < 4.78 is 0. The predicted molar refractivity (Wildman–Crippen MR) is 30.7 cm³/mol. The molecule has 0 radical (unpaired) electrons. The van der Waals surface area contributed by atoms with Crippen molar-refractivity contribution in [3.8, 4) is 0 Å². The van der Waals surface area contributed by atoms with Crippen molar-refractivity contribution < 1.29 is 10.3 Å². The largest absolute Gasteiger partial charge is 0.412 e. The van der Waals surface area contributed by atoms with Crippen LogP contribution in [0.2, 0.25) is 0 Å². The first-order chi connectivity index (χ1) is 3.39. The predicted octanol–water partition coefficient (Wildman–Crippen LogP) is -0.886. The monoisotopic (exact) mass is 117 g/mol. The Morgan fingerprint density at radius 1 is 1.25 bits per heavy atom. The lowest BCUT2D eigenvalue weighted by Crippen LogP contribution is -2.27. The number of nitrogens with one attached hydrogen (secondary N) is 1. The maximum Gasteiger partial charge on any atom is 0.135 e. The van der Waals surface area contributed by atoms with Gasteiger partial charge in [-0.1, -0.05) is 0 Å². The summed E-state index contributed by atoms with van der Waals surface area (Å²) >= 11 is 0. The van der Waals surface area contributed by atoms with Crippen LogP contribution in [-0.2, 0) is 4.79 Å². The van der Waals surface area contributed by atoms with E-state index in [1.54, 1.807) is 0 Å². The first-order valence-corrected chi connectivity index (χ1v) is 2.62. The number of carbonyl (C=O) groups is 1. The van der Waals surface area contributed by atoms with E-state index in [0.29, 0.717) is 5.78 Å². The second-order valence-corrected chi connectivity index (χ2v) is 1.79. The molecule has 0 aromatic rings. The lowest BCUT2D eigenvalue weighted by molar-refractivity contribution is -0.119. The van der Waals surface area contributed by atoms with Gasteiger partial charge in [0.2, 0.25) is 0 Å². The Morgan fingerprint density at radius 3 is 2.00 bits per heavy atom. The number of rotatable bonds is 0. The molecule has 1 aliphatic rings. The number of carbonyl (C=O) groups excluding carboxylic acids is 1. The third-order valence-electron chi connectivity index (χ3n) is 1.16. The molecule has 1 fully saturated rings. The molecule has 0 aromatic heterocycles. The van der Waals surface area contributed by atoms with Gasteiger partial charge in [0.15, 0.2) is 0 Å². The summed E-state index contributed by atoms with van der Waals surface area (Å²) in [5.41, 5.74) is 0. The first kappa shape index (κ1) is 7.59. The molecule has 0 aliphatic carbocycles. The number of Topliss-reactive ketones (excluding diaryl/α,β-unsaturated/α-hetero) is 1. The van der Waals surface area contributed by atoms with E-state index < -0.39 is 0 Å². The van der Waals surface area contributed by atoms with Crippen LogP contribution in [0.25, 0.3) is 0 Å². The Labute approximate surface area is 48.4 Å². The Kier molecular flexibility index (Phi) is 3.39. The van der Waals surface area contributed by atoms with Gasteiger partial charge in [0.1, 0.15) is 5.78 Å². The fourth-order valence-electron chi connectivity index (χ4n) is 0.706. The van der Waals surface area contributed by atoms with Gasteiger partial charge in [0.05, 0.1) is 0 Å². The van der Waals surface area contributed by atoms with Crippen LogP contribution in [0.15, 0.2) is 0 Å². The van der Waals surface area contributed by atoms with E-state index in [4.69, 9.17) is 0 Å². The average Bonchev–Trinajstić information content (AvgIpc) is 1.69. The van der Waals surface area contributed by atoms with Gasteiger partial charge in [-0.2, -0.15) is 0 Å². The SMILES string of the molecule is O.O=C1CCNCC1. The van der Waals surface area contributed by atoms with E-state index in [1.807, 2.05) is 0 Å². The molecule has 3 heteroatoms. The summed E-state index contributed by atoms with van der Waals surface area (Å²) in [6.45, 7) is 1.78. The molecular weight excluding hydrogens is 106 g/mol. The highest BCUT2D eigenvalue weighted by Gasteiger charge is 2.04. The molecule has 8 heavy (non-hydrogen) atoms. The van der Waals surface area contributed by atoms with E-state index in [9.17, 15) is 4.79 Å². The zero-order chi connectivity index (χ0) is 5.11. The normalized spacial score (nSPS) is 19.8. The minimum Gasteiger partial charge on any atom is -0.412 e. The van der Waals surface area contributed by atoms with Crippen LogP contribution in [0.1, 0.15) is 12.8 Å². The summed E-state index contributed by atoms with van der Waals surface area (Å²) in [5.74, 6) is 0.402. The Hall–Kier alpha value is -0.410. The smallest absolute Gasteiger partial charge is 0.135 e. The number of hydrogen-bond acceptors (Lipinski definition) is 2. The van der Waals surface area contributed by atoms with Crippen LogP contribution in [0.3, 0.4) is 0 Å². The molecule has 0 bridgehead atoms. The molecule has 3 N–H and O–H groups in total. The summed E-state index contributed by atoms with van der Waals surface area (Å²) in [6, 6.07) is 0. The standard InChI is InChI=1S/C5H9NO.H2O/c7-5-1-3-6-4-2-5;/h6H,1-4H2;1H2. The van der Waals surface area contributed by atoms with E-state index in [0.717, 1.165) is 25.9 Å². The van der Waals surface area contributed by atoms with Gasteiger partial charge in [-0.05, 0) is 0 Å². The summed E-state index contributed by atoms with van der Waals surface area (Å²) in [5, 5.41) is 3.09. The number of ketones is 1. The molecule has 48 valence electrons. The third-order valence-corrected chi connectivity index (χ3v) is 1.16. The Bertz CT molecular complexity index is 74.5. The van der Waals surface area contributed by atoms with Crippen molar-refractivity contribution in [2.45, 2.75) is 12.8 Å². The van der Waals surface area contributed by atoms with Crippen LogP contribution < -0.4 is 5.32 Å². The molecule has 0 amide bonds. The maximum absolute atomic E-state index is 10.4. The molecule has 0 spiro atoms. The molecule has 1 rings (SSSR count). The topological polar surface area (TPSA) is 60.6 Å². The quantitative estimate of drug-likeness (QED) is 0.447. The van der Waals surface area contributed by atoms with E-state index in [2.05, 4.69) is 5.32 Å². The molecule has 0 aromatic carbocycles. The molecule has 1 saturated heterocycles. The van der Waals surface area contributed by atoms with Crippen molar-refractivity contribution in [3.63, 3.8) is 0 Å². The van der Waals surface area contributed by atoms with E-state index >= 15 is 0 Å². The van der Waals surface area contributed by atoms with Gasteiger partial charge < -0.3 is 10.8 Å². The van der Waals surface area contributed by atoms with E-state index in [1.165, 1.54) is 0 Å². The van der Waals surface area contributed by atoms with Crippen LogP contribution in [0, 0.1) is 0 Å². The number of hydrogen-bond donors (Lipinski definition) is 1. The third kappa shape index (κ3) is 2.04. The number of piperidine rings is 1. The zero-order valence-electron chi connectivity index (χ0n) is 4.74. The summed E-state index contributed by atoms with van der Waals surface area (Å²) in [7, 11) is 0. The van der Waals surface area contributed by atoms with Crippen LogP contribution in [0.4, 0.5) is 0 Å². The van der Waals surface area contributed by atoms with Crippen LogP contribution in [-0.4, -0.2) is 24.3 Å². The highest BCUT2D eigenvalue weighted by molar-refractivity contribution is 5.79. The fraction of sp³-hybridized carbons (Fsp3) is 0.800. The first-order valence-electron chi connectivity index (χ1n) is 2.62.